The van der Waals surface area contributed by atoms with E-state index >= 15 is 0 Å². The molecule has 0 aromatic carbocycles. The molecule has 0 radical (unpaired) electrons. The summed E-state index contributed by atoms with van der Waals surface area (Å²) in [4.78, 5) is 15.4. The molecule has 0 saturated heterocycles. The largest absolute Gasteiger partial charge is 0.481 e. The predicted molar refractivity (Wildman–Crippen MR) is 65.9 cm³/mol. The van der Waals surface area contributed by atoms with Crippen LogP contribution in [-0.4, -0.2) is 16.1 Å². The zero-order chi connectivity index (χ0) is 12.3. The minimum atomic E-state index is -0.727. The van der Waals surface area contributed by atoms with Crippen molar-refractivity contribution in [3.63, 3.8) is 0 Å². The maximum atomic E-state index is 10.9. The Morgan fingerprint density at radius 1 is 1.56 bits per heavy atom. The lowest BCUT2D eigenvalue weighted by molar-refractivity contribution is -0.141. The molecule has 1 rings (SSSR count). The van der Waals surface area contributed by atoms with E-state index in [4.69, 9.17) is 5.11 Å². The summed E-state index contributed by atoms with van der Waals surface area (Å²) in [7, 11) is 0. The van der Waals surface area contributed by atoms with E-state index in [2.05, 4.69) is 25.8 Å². The number of rotatable bonds is 4. The number of hydrogen-bond acceptors (Lipinski definition) is 3. The average molecular weight is 241 g/mol. The van der Waals surface area contributed by atoms with E-state index in [-0.39, 0.29) is 11.3 Å². The highest BCUT2D eigenvalue weighted by Gasteiger charge is 2.21. The van der Waals surface area contributed by atoms with Gasteiger partial charge in [0.15, 0.2) is 0 Å². The van der Waals surface area contributed by atoms with Gasteiger partial charge in [-0.25, -0.2) is 4.98 Å². The van der Waals surface area contributed by atoms with Crippen LogP contribution in [0.25, 0.3) is 0 Å². The zero-order valence-corrected chi connectivity index (χ0v) is 11.1. The summed E-state index contributed by atoms with van der Waals surface area (Å²) in [5.74, 6) is -1.03. The number of aromatic nitrogens is 1. The molecule has 0 fully saturated rings. The highest BCUT2D eigenvalue weighted by atomic mass is 32.1. The second kappa shape index (κ2) is 4.95. The highest BCUT2D eigenvalue weighted by molar-refractivity contribution is 7.09. The monoisotopic (exact) mass is 241 g/mol. The van der Waals surface area contributed by atoms with Gasteiger partial charge in [-0.2, -0.15) is 0 Å². The molecule has 0 amide bonds. The molecular weight excluding hydrogens is 222 g/mol. The first-order valence-electron chi connectivity index (χ1n) is 5.52. The molecule has 3 nitrogen and oxygen atoms in total. The second-order valence-corrected chi connectivity index (χ2v) is 5.97. The van der Waals surface area contributed by atoms with E-state index < -0.39 is 5.97 Å². The summed E-state index contributed by atoms with van der Waals surface area (Å²) >= 11 is 1.56. The van der Waals surface area contributed by atoms with Crippen LogP contribution in [0.1, 0.15) is 44.8 Å². The summed E-state index contributed by atoms with van der Waals surface area (Å²) < 4.78 is 0. The molecular formula is C12H19NO2S. The number of thiazole rings is 1. The van der Waals surface area contributed by atoms with Crippen molar-refractivity contribution in [2.75, 3.05) is 0 Å². The number of nitrogens with zero attached hydrogens (tertiary/aromatic N) is 1. The minimum absolute atomic E-state index is 0.0414. The number of hydrogen-bond donors (Lipinski definition) is 1. The van der Waals surface area contributed by atoms with Gasteiger partial charge in [0.1, 0.15) is 0 Å². The van der Waals surface area contributed by atoms with Crippen molar-refractivity contribution in [1.29, 1.82) is 0 Å². The molecule has 0 aliphatic rings. The number of carboxylic acid groups (broad SMARTS) is 1. The van der Waals surface area contributed by atoms with Crippen LogP contribution in [0.3, 0.4) is 0 Å². The van der Waals surface area contributed by atoms with Crippen LogP contribution in [0.15, 0.2) is 5.38 Å². The Balaban J connectivity index is 2.76. The van der Waals surface area contributed by atoms with Crippen LogP contribution in [0.2, 0.25) is 0 Å². The first kappa shape index (κ1) is 13.2. The number of carboxylic acids is 1. The summed E-state index contributed by atoms with van der Waals surface area (Å²) in [5, 5.41) is 11.9. The van der Waals surface area contributed by atoms with Crippen molar-refractivity contribution in [2.24, 2.45) is 5.92 Å². The van der Waals surface area contributed by atoms with Gasteiger partial charge in [0.25, 0.3) is 0 Å². The molecule has 0 aliphatic heterocycles. The quantitative estimate of drug-likeness (QED) is 0.881. The van der Waals surface area contributed by atoms with Gasteiger partial charge in [0.05, 0.1) is 16.6 Å². The lowest BCUT2D eigenvalue weighted by Gasteiger charge is -2.14. The molecule has 1 aromatic heterocycles. The Bertz CT molecular complexity index is 365. The molecule has 1 N–H and O–H groups in total. The van der Waals surface area contributed by atoms with E-state index in [0.717, 1.165) is 10.7 Å². The molecule has 1 unspecified atom stereocenters. The van der Waals surface area contributed by atoms with Crippen molar-refractivity contribution in [1.82, 2.24) is 4.98 Å². The lowest BCUT2D eigenvalue weighted by atomic mass is 9.93. The second-order valence-electron chi connectivity index (χ2n) is 5.02. The first-order valence-corrected chi connectivity index (χ1v) is 6.40. The van der Waals surface area contributed by atoms with Crippen LogP contribution < -0.4 is 0 Å². The molecule has 16 heavy (non-hydrogen) atoms. The fourth-order valence-electron chi connectivity index (χ4n) is 1.37. The van der Waals surface area contributed by atoms with Crippen molar-refractivity contribution in [2.45, 2.75) is 46.0 Å². The van der Waals surface area contributed by atoms with E-state index in [1.165, 1.54) is 0 Å². The maximum absolute atomic E-state index is 10.9. The molecule has 0 spiro atoms. The van der Waals surface area contributed by atoms with Gasteiger partial charge in [-0.15, -0.1) is 11.3 Å². The highest BCUT2D eigenvalue weighted by Crippen LogP contribution is 2.25. The third-order valence-electron chi connectivity index (χ3n) is 2.58. The lowest BCUT2D eigenvalue weighted by Crippen LogP contribution is -2.16. The molecule has 0 aliphatic carbocycles. The van der Waals surface area contributed by atoms with Crippen molar-refractivity contribution in [3.05, 3.63) is 16.1 Å². The molecule has 0 bridgehead atoms. The zero-order valence-electron chi connectivity index (χ0n) is 10.3. The molecule has 90 valence electrons. The Labute approximate surface area is 101 Å². The van der Waals surface area contributed by atoms with Crippen molar-refractivity contribution >= 4 is 17.3 Å². The van der Waals surface area contributed by atoms with Gasteiger partial charge in [-0.3, -0.25) is 4.79 Å². The fourth-order valence-corrected chi connectivity index (χ4v) is 2.47. The van der Waals surface area contributed by atoms with Crippen molar-refractivity contribution < 1.29 is 9.90 Å². The molecule has 1 aromatic rings. The summed E-state index contributed by atoms with van der Waals surface area (Å²) in [6.45, 7) is 8.23. The molecule has 1 atom stereocenters. The smallest absolute Gasteiger partial charge is 0.306 e. The van der Waals surface area contributed by atoms with Crippen LogP contribution in [0.4, 0.5) is 0 Å². The van der Waals surface area contributed by atoms with Crippen LogP contribution in [0, 0.1) is 5.92 Å². The van der Waals surface area contributed by atoms with Gasteiger partial charge in [0.2, 0.25) is 0 Å². The average Bonchev–Trinajstić information content (AvgIpc) is 2.61. The molecule has 4 heteroatoms. The van der Waals surface area contributed by atoms with Gasteiger partial charge in [-0.05, 0) is 6.42 Å². The topological polar surface area (TPSA) is 50.2 Å². The number of aliphatic carboxylic acids is 1. The third-order valence-corrected chi connectivity index (χ3v) is 3.45. The Morgan fingerprint density at radius 3 is 2.56 bits per heavy atom. The van der Waals surface area contributed by atoms with E-state index in [1.807, 2.05) is 12.3 Å². The SMILES string of the molecule is CCC(Cc1nc(C(C)(C)C)cs1)C(=O)O. The van der Waals surface area contributed by atoms with Crippen LogP contribution >= 0.6 is 11.3 Å². The summed E-state index contributed by atoms with van der Waals surface area (Å²) in [5.41, 5.74) is 1.09. The van der Waals surface area contributed by atoms with Gasteiger partial charge in [-0.1, -0.05) is 27.7 Å². The standard InChI is InChI=1S/C12H19NO2S/c1-5-8(11(14)15)6-10-13-9(7-16-10)12(2,3)4/h7-8H,5-6H2,1-4H3,(H,14,15). The summed E-state index contributed by atoms with van der Waals surface area (Å²) in [6.07, 6.45) is 1.20. The minimum Gasteiger partial charge on any atom is -0.481 e. The maximum Gasteiger partial charge on any atom is 0.306 e. The van der Waals surface area contributed by atoms with Crippen LogP contribution in [-0.2, 0) is 16.6 Å². The Kier molecular flexibility index (Phi) is 4.08. The van der Waals surface area contributed by atoms with Gasteiger partial charge < -0.3 is 5.11 Å². The molecule has 0 saturated carbocycles. The molecule has 1 heterocycles. The Morgan fingerprint density at radius 2 is 2.19 bits per heavy atom. The van der Waals surface area contributed by atoms with E-state index in [0.29, 0.717) is 12.8 Å². The third kappa shape index (κ3) is 3.30. The van der Waals surface area contributed by atoms with Crippen molar-refractivity contribution in [3.8, 4) is 0 Å². The van der Waals surface area contributed by atoms with Gasteiger partial charge in [0, 0.05) is 17.2 Å². The normalized spacial score (nSPS) is 13.8. The number of carbonyl (C=O) groups is 1. The van der Waals surface area contributed by atoms with Gasteiger partial charge >= 0.3 is 5.97 Å². The summed E-state index contributed by atoms with van der Waals surface area (Å²) in [6, 6.07) is 0. The predicted octanol–water partition coefficient (Wildman–Crippen LogP) is 3.09. The van der Waals surface area contributed by atoms with Crippen LogP contribution in [0.5, 0.6) is 0 Å². The Hall–Kier alpha value is -0.900. The first-order chi connectivity index (χ1) is 7.34. The van der Waals surface area contributed by atoms with E-state index in [9.17, 15) is 4.79 Å². The fraction of sp³-hybridized carbons (Fsp3) is 0.667. The van der Waals surface area contributed by atoms with E-state index in [1.54, 1.807) is 11.3 Å².